The topological polar surface area (TPSA) is 35.2 Å². The monoisotopic (exact) mass is 237 g/mol. The van der Waals surface area contributed by atoms with Crippen molar-refractivity contribution in [3.8, 4) is 5.75 Å². The number of hydrogen-bond donors (Lipinski definition) is 1. The van der Waals surface area contributed by atoms with Crippen LogP contribution in [0, 0.1) is 5.82 Å². The van der Waals surface area contributed by atoms with E-state index in [-0.39, 0.29) is 12.4 Å². The number of benzene rings is 1. The molecule has 0 aliphatic carbocycles. The van der Waals surface area contributed by atoms with Crippen molar-refractivity contribution in [1.82, 2.24) is 0 Å². The quantitative estimate of drug-likeness (QED) is 0.887. The van der Waals surface area contributed by atoms with E-state index in [9.17, 15) is 4.39 Å². The SMILES string of the molecule is NCc1cc(F)ccc1OCc1ccsc1. The van der Waals surface area contributed by atoms with Gasteiger partial charge in [0.2, 0.25) is 0 Å². The van der Waals surface area contributed by atoms with Crippen molar-refractivity contribution in [3.63, 3.8) is 0 Å². The Bertz CT molecular complexity index is 456. The van der Waals surface area contributed by atoms with Gasteiger partial charge in [-0.2, -0.15) is 11.3 Å². The smallest absolute Gasteiger partial charge is 0.124 e. The molecule has 2 rings (SSSR count). The van der Waals surface area contributed by atoms with Crippen LogP contribution in [0.15, 0.2) is 35.0 Å². The summed E-state index contributed by atoms with van der Waals surface area (Å²) < 4.78 is 18.5. The van der Waals surface area contributed by atoms with E-state index in [4.69, 9.17) is 10.5 Å². The number of ether oxygens (including phenoxy) is 1. The van der Waals surface area contributed by atoms with Gasteiger partial charge >= 0.3 is 0 Å². The van der Waals surface area contributed by atoms with Gasteiger partial charge in [-0.1, -0.05) is 0 Å². The molecule has 0 bridgehead atoms. The van der Waals surface area contributed by atoms with Gasteiger partial charge in [0, 0.05) is 12.1 Å². The maximum Gasteiger partial charge on any atom is 0.124 e. The molecular formula is C12H12FNOS. The third kappa shape index (κ3) is 2.59. The zero-order chi connectivity index (χ0) is 11.4. The van der Waals surface area contributed by atoms with Gasteiger partial charge in [-0.15, -0.1) is 0 Å². The molecule has 1 aromatic heterocycles. The summed E-state index contributed by atoms with van der Waals surface area (Å²) in [6.45, 7) is 0.763. The molecule has 0 aliphatic rings. The van der Waals surface area contributed by atoms with Gasteiger partial charge in [0.05, 0.1) is 0 Å². The molecule has 0 spiro atoms. The van der Waals surface area contributed by atoms with Crippen molar-refractivity contribution < 1.29 is 9.13 Å². The Morgan fingerprint density at radius 3 is 2.88 bits per heavy atom. The Balaban J connectivity index is 2.09. The first kappa shape index (κ1) is 11.1. The van der Waals surface area contributed by atoms with Crippen molar-refractivity contribution in [3.05, 3.63) is 52.0 Å². The van der Waals surface area contributed by atoms with E-state index in [1.54, 1.807) is 17.4 Å². The van der Waals surface area contributed by atoms with E-state index in [2.05, 4.69) is 0 Å². The maximum atomic E-state index is 12.9. The average Bonchev–Trinajstić information content (AvgIpc) is 2.80. The molecular weight excluding hydrogens is 225 g/mol. The fraction of sp³-hybridized carbons (Fsp3) is 0.167. The van der Waals surface area contributed by atoms with E-state index < -0.39 is 0 Å². The van der Waals surface area contributed by atoms with Crippen LogP contribution in [0.1, 0.15) is 11.1 Å². The minimum absolute atomic E-state index is 0.275. The van der Waals surface area contributed by atoms with Crippen molar-refractivity contribution in [1.29, 1.82) is 0 Å². The molecule has 0 fully saturated rings. The van der Waals surface area contributed by atoms with Crippen LogP contribution in [0.25, 0.3) is 0 Å². The van der Waals surface area contributed by atoms with Crippen molar-refractivity contribution >= 4 is 11.3 Å². The average molecular weight is 237 g/mol. The Hall–Kier alpha value is -1.39. The third-order valence-corrected chi connectivity index (χ3v) is 2.95. The van der Waals surface area contributed by atoms with E-state index in [1.165, 1.54) is 12.1 Å². The van der Waals surface area contributed by atoms with Gasteiger partial charge in [0.15, 0.2) is 0 Å². The molecule has 84 valence electrons. The van der Waals surface area contributed by atoms with Crippen LogP contribution in [0.3, 0.4) is 0 Å². The van der Waals surface area contributed by atoms with Crippen molar-refractivity contribution in [2.45, 2.75) is 13.2 Å². The molecule has 4 heteroatoms. The summed E-state index contributed by atoms with van der Waals surface area (Å²) in [6, 6.07) is 6.39. The molecule has 2 N–H and O–H groups in total. The normalized spacial score (nSPS) is 10.4. The second-order valence-corrected chi connectivity index (χ2v) is 4.16. The molecule has 0 radical (unpaired) electrons. The molecule has 1 aromatic carbocycles. The first-order valence-corrected chi connectivity index (χ1v) is 5.86. The van der Waals surface area contributed by atoms with Gasteiger partial charge in [0.1, 0.15) is 18.2 Å². The van der Waals surface area contributed by atoms with Crippen LogP contribution in [-0.2, 0) is 13.2 Å². The highest BCUT2D eigenvalue weighted by atomic mass is 32.1. The number of nitrogens with two attached hydrogens (primary N) is 1. The minimum atomic E-state index is -0.289. The van der Waals surface area contributed by atoms with Gasteiger partial charge in [-0.05, 0) is 40.6 Å². The van der Waals surface area contributed by atoms with Crippen molar-refractivity contribution in [2.24, 2.45) is 5.73 Å². The zero-order valence-electron chi connectivity index (χ0n) is 8.65. The van der Waals surface area contributed by atoms with Crippen LogP contribution in [0.2, 0.25) is 0 Å². The third-order valence-electron chi connectivity index (χ3n) is 2.22. The van der Waals surface area contributed by atoms with E-state index in [1.807, 2.05) is 16.8 Å². The minimum Gasteiger partial charge on any atom is -0.489 e. The van der Waals surface area contributed by atoms with Gasteiger partial charge in [0.25, 0.3) is 0 Å². The number of hydrogen-bond acceptors (Lipinski definition) is 3. The highest BCUT2D eigenvalue weighted by Crippen LogP contribution is 2.20. The highest BCUT2D eigenvalue weighted by molar-refractivity contribution is 7.07. The van der Waals surface area contributed by atoms with E-state index in [0.29, 0.717) is 17.9 Å². The van der Waals surface area contributed by atoms with E-state index >= 15 is 0 Å². The predicted molar refractivity (Wildman–Crippen MR) is 62.9 cm³/mol. The summed E-state index contributed by atoms with van der Waals surface area (Å²) >= 11 is 1.62. The second-order valence-electron chi connectivity index (χ2n) is 3.38. The molecule has 0 atom stereocenters. The lowest BCUT2D eigenvalue weighted by Crippen LogP contribution is -2.02. The molecule has 16 heavy (non-hydrogen) atoms. The van der Waals surface area contributed by atoms with Crippen molar-refractivity contribution in [2.75, 3.05) is 0 Å². The highest BCUT2D eigenvalue weighted by Gasteiger charge is 2.04. The largest absolute Gasteiger partial charge is 0.489 e. The Kier molecular flexibility index (Phi) is 3.54. The number of rotatable bonds is 4. The molecule has 0 amide bonds. The fourth-order valence-electron chi connectivity index (χ4n) is 1.38. The van der Waals surface area contributed by atoms with Crippen LogP contribution in [0.4, 0.5) is 4.39 Å². The summed E-state index contributed by atoms with van der Waals surface area (Å²) in [4.78, 5) is 0. The lowest BCUT2D eigenvalue weighted by Gasteiger charge is -2.09. The zero-order valence-corrected chi connectivity index (χ0v) is 9.47. The van der Waals surface area contributed by atoms with Gasteiger partial charge in [-0.3, -0.25) is 0 Å². The number of halogens is 1. The number of thiophene rings is 1. The summed E-state index contributed by atoms with van der Waals surface area (Å²) in [7, 11) is 0. The van der Waals surface area contributed by atoms with Crippen LogP contribution in [0.5, 0.6) is 5.75 Å². The summed E-state index contributed by atoms with van der Waals surface area (Å²) in [5.74, 6) is 0.360. The predicted octanol–water partition coefficient (Wildman–Crippen LogP) is 2.92. The van der Waals surface area contributed by atoms with Gasteiger partial charge in [-0.25, -0.2) is 4.39 Å². The molecule has 0 unspecified atom stereocenters. The first-order valence-electron chi connectivity index (χ1n) is 4.92. The molecule has 0 aliphatic heterocycles. The Morgan fingerprint density at radius 1 is 1.31 bits per heavy atom. The van der Waals surface area contributed by atoms with Crippen LogP contribution >= 0.6 is 11.3 Å². The second kappa shape index (κ2) is 5.09. The molecule has 0 saturated carbocycles. The lowest BCUT2D eigenvalue weighted by molar-refractivity contribution is 0.303. The maximum absolute atomic E-state index is 12.9. The molecule has 0 saturated heterocycles. The first-order chi connectivity index (χ1) is 7.79. The summed E-state index contributed by atoms with van der Waals surface area (Å²) in [5, 5.41) is 4.01. The van der Waals surface area contributed by atoms with Crippen LogP contribution in [-0.4, -0.2) is 0 Å². The molecule has 1 heterocycles. The summed E-state index contributed by atoms with van der Waals surface area (Å²) in [6.07, 6.45) is 0. The molecule has 2 nitrogen and oxygen atoms in total. The Labute approximate surface area is 97.5 Å². The Morgan fingerprint density at radius 2 is 2.19 bits per heavy atom. The van der Waals surface area contributed by atoms with Crippen LogP contribution < -0.4 is 10.5 Å². The van der Waals surface area contributed by atoms with Gasteiger partial charge < -0.3 is 10.5 Å². The van der Waals surface area contributed by atoms with E-state index in [0.717, 1.165) is 5.56 Å². The standard InChI is InChI=1S/C12H12FNOS/c13-11-1-2-12(10(5-11)6-14)15-7-9-3-4-16-8-9/h1-5,8H,6-7,14H2. The fourth-order valence-corrected chi connectivity index (χ4v) is 2.04. The molecule has 2 aromatic rings. The lowest BCUT2D eigenvalue weighted by atomic mass is 10.2. The summed E-state index contributed by atoms with van der Waals surface area (Å²) in [5.41, 5.74) is 7.32.